The lowest BCUT2D eigenvalue weighted by molar-refractivity contribution is 0.0737. The number of halogens is 1. The number of benzene rings is 2. The molecule has 0 radical (unpaired) electrons. The Hall–Kier alpha value is -3.39. The van der Waals surface area contributed by atoms with E-state index in [9.17, 15) is 9.18 Å². The molecule has 0 N–H and O–H groups in total. The topological polar surface area (TPSA) is 56.6 Å². The molecule has 2 aromatic heterocycles. The van der Waals surface area contributed by atoms with Crippen LogP contribution in [0.5, 0.6) is 11.5 Å². The third kappa shape index (κ3) is 3.93. The van der Waals surface area contributed by atoms with Crippen molar-refractivity contribution in [3.63, 3.8) is 0 Å². The maximum atomic E-state index is 14.0. The van der Waals surface area contributed by atoms with E-state index in [-0.39, 0.29) is 18.5 Å². The van der Waals surface area contributed by atoms with Crippen LogP contribution in [0.4, 0.5) is 4.39 Å². The first-order valence-corrected chi connectivity index (χ1v) is 11.4. The summed E-state index contributed by atoms with van der Waals surface area (Å²) >= 11 is 1.62. The molecule has 32 heavy (non-hydrogen) atoms. The molecule has 0 saturated heterocycles. The van der Waals surface area contributed by atoms with E-state index in [1.807, 2.05) is 22.9 Å². The third-order valence-electron chi connectivity index (χ3n) is 5.44. The Labute approximate surface area is 188 Å². The molecule has 3 heterocycles. The molecule has 0 atom stereocenters. The molecule has 1 aliphatic rings. The Bertz CT molecular complexity index is 1270. The van der Waals surface area contributed by atoms with Crippen LogP contribution in [-0.4, -0.2) is 33.7 Å². The number of ether oxygens (including phenoxy) is 2. The van der Waals surface area contributed by atoms with Crippen LogP contribution in [0.25, 0.3) is 11.0 Å². The van der Waals surface area contributed by atoms with Crippen molar-refractivity contribution in [3.05, 3.63) is 76.0 Å². The van der Waals surface area contributed by atoms with Crippen LogP contribution >= 0.6 is 11.3 Å². The largest absolute Gasteiger partial charge is 0.454 e. The molecule has 0 fully saturated rings. The summed E-state index contributed by atoms with van der Waals surface area (Å²) in [6.07, 6.45) is 0.801. The van der Waals surface area contributed by atoms with Crippen molar-refractivity contribution in [2.75, 3.05) is 13.3 Å². The van der Waals surface area contributed by atoms with Crippen molar-refractivity contribution in [2.24, 2.45) is 0 Å². The SMILES string of the molecule is CCCN(Cc1nc2ccc(F)cc2n1Cc1ccsc1)C(=O)c1ccc2c(c1)OCO2. The lowest BCUT2D eigenvalue weighted by atomic mass is 10.1. The first kappa shape index (κ1) is 20.5. The van der Waals surface area contributed by atoms with Crippen LogP contribution in [0.15, 0.2) is 53.2 Å². The van der Waals surface area contributed by atoms with Crippen LogP contribution in [0.1, 0.15) is 35.1 Å². The molecule has 1 amide bonds. The van der Waals surface area contributed by atoms with Gasteiger partial charge in [-0.05, 0) is 65.2 Å². The molecule has 0 saturated carbocycles. The van der Waals surface area contributed by atoms with E-state index in [0.29, 0.717) is 42.2 Å². The minimum Gasteiger partial charge on any atom is -0.454 e. The number of aromatic nitrogens is 2. The number of fused-ring (bicyclic) bond motifs is 2. The Kier molecular flexibility index (Phi) is 5.53. The molecular formula is C24H22FN3O3S. The fourth-order valence-electron chi connectivity index (χ4n) is 3.91. The van der Waals surface area contributed by atoms with Gasteiger partial charge in [0.2, 0.25) is 6.79 Å². The van der Waals surface area contributed by atoms with Crippen LogP contribution in [0.3, 0.4) is 0 Å². The van der Waals surface area contributed by atoms with Gasteiger partial charge in [0.1, 0.15) is 11.6 Å². The first-order valence-electron chi connectivity index (χ1n) is 10.5. The third-order valence-corrected chi connectivity index (χ3v) is 6.17. The summed E-state index contributed by atoms with van der Waals surface area (Å²) in [7, 11) is 0. The fraction of sp³-hybridized carbons (Fsp3) is 0.250. The maximum absolute atomic E-state index is 14.0. The second-order valence-corrected chi connectivity index (χ2v) is 8.45. The Balaban J connectivity index is 1.49. The summed E-state index contributed by atoms with van der Waals surface area (Å²) in [6.45, 7) is 3.65. The van der Waals surface area contributed by atoms with E-state index in [2.05, 4.69) is 5.38 Å². The van der Waals surface area contributed by atoms with E-state index in [1.54, 1.807) is 40.5 Å². The van der Waals surface area contributed by atoms with E-state index < -0.39 is 0 Å². The van der Waals surface area contributed by atoms with Crippen molar-refractivity contribution in [1.82, 2.24) is 14.5 Å². The minimum atomic E-state index is -0.308. The van der Waals surface area contributed by atoms with Gasteiger partial charge in [0.05, 0.1) is 24.1 Å². The zero-order valence-electron chi connectivity index (χ0n) is 17.6. The number of thiophene rings is 1. The van der Waals surface area contributed by atoms with E-state index in [4.69, 9.17) is 14.5 Å². The molecule has 0 spiro atoms. The van der Waals surface area contributed by atoms with Gasteiger partial charge in [-0.1, -0.05) is 6.92 Å². The van der Waals surface area contributed by atoms with E-state index >= 15 is 0 Å². The van der Waals surface area contributed by atoms with Gasteiger partial charge < -0.3 is 18.9 Å². The molecular weight excluding hydrogens is 429 g/mol. The summed E-state index contributed by atoms with van der Waals surface area (Å²) in [5, 5.41) is 4.08. The van der Waals surface area contributed by atoms with Crippen LogP contribution < -0.4 is 9.47 Å². The van der Waals surface area contributed by atoms with Gasteiger partial charge in [0.15, 0.2) is 11.5 Å². The quantitative estimate of drug-likeness (QED) is 0.394. The molecule has 8 heteroatoms. The Morgan fingerprint density at radius 3 is 2.88 bits per heavy atom. The molecule has 4 aromatic rings. The Morgan fingerprint density at radius 1 is 1.19 bits per heavy atom. The highest BCUT2D eigenvalue weighted by atomic mass is 32.1. The average Bonchev–Trinajstić information content (AvgIpc) is 3.54. The highest BCUT2D eigenvalue weighted by Crippen LogP contribution is 2.33. The maximum Gasteiger partial charge on any atom is 0.254 e. The molecule has 6 nitrogen and oxygen atoms in total. The predicted molar refractivity (Wildman–Crippen MR) is 121 cm³/mol. The van der Waals surface area contributed by atoms with E-state index in [1.165, 1.54) is 12.1 Å². The highest BCUT2D eigenvalue weighted by Gasteiger charge is 2.22. The molecule has 164 valence electrons. The second-order valence-electron chi connectivity index (χ2n) is 7.67. The monoisotopic (exact) mass is 451 g/mol. The van der Waals surface area contributed by atoms with Gasteiger partial charge in [0, 0.05) is 12.1 Å². The molecule has 5 rings (SSSR count). The number of carbonyl (C=O) groups excluding carboxylic acids is 1. The smallest absolute Gasteiger partial charge is 0.254 e. The number of amides is 1. The van der Waals surface area contributed by atoms with Crippen molar-refractivity contribution >= 4 is 28.3 Å². The summed E-state index contributed by atoms with van der Waals surface area (Å²) < 4.78 is 26.8. The van der Waals surface area contributed by atoms with Crippen LogP contribution in [0, 0.1) is 5.82 Å². The number of hydrogen-bond acceptors (Lipinski definition) is 5. The van der Waals surface area contributed by atoms with E-state index in [0.717, 1.165) is 23.3 Å². The second kappa shape index (κ2) is 8.63. The minimum absolute atomic E-state index is 0.106. The highest BCUT2D eigenvalue weighted by molar-refractivity contribution is 7.07. The first-order chi connectivity index (χ1) is 15.6. The summed E-state index contributed by atoms with van der Waals surface area (Å²) in [5.74, 6) is 1.53. The van der Waals surface area contributed by atoms with Crippen molar-refractivity contribution in [2.45, 2.75) is 26.4 Å². The van der Waals surface area contributed by atoms with Gasteiger partial charge in [-0.2, -0.15) is 11.3 Å². The van der Waals surface area contributed by atoms with Gasteiger partial charge in [-0.25, -0.2) is 9.37 Å². The summed E-state index contributed by atoms with van der Waals surface area (Å²) in [6, 6.07) is 11.9. The zero-order chi connectivity index (χ0) is 22.1. The van der Waals surface area contributed by atoms with Gasteiger partial charge >= 0.3 is 0 Å². The number of rotatable bonds is 7. The average molecular weight is 452 g/mol. The summed E-state index contributed by atoms with van der Waals surface area (Å²) in [5.41, 5.74) is 3.08. The van der Waals surface area contributed by atoms with Gasteiger partial charge in [-0.3, -0.25) is 4.79 Å². The van der Waals surface area contributed by atoms with Crippen molar-refractivity contribution in [1.29, 1.82) is 0 Å². The number of carbonyl (C=O) groups is 1. The number of nitrogens with zero attached hydrogens (tertiary/aromatic N) is 3. The lowest BCUT2D eigenvalue weighted by Crippen LogP contribution is -2.32. The van der Waals surface area contributed by atoms with Crippen molar-refractivity contribution < 1.29 is 18.7 Å². The van der Waals surface area contributed by atoms with Gasteiger partial charge in [-0.15, -0.1) is 0 Å². The van der Waals surface area contributed by atoms with Crippen molar-refractivity contribution in [3.8, 4) is 11.5 Å². The lowest BCUT2D eigenvalue weighted by Gasteiger charge is -2.22. The molecule has 0 bridgehead atoms. The number of imidazole rings is 1. The normalized spacial score (nSPS) is 12.4. The molecule has 1 aliphatic heterocycles. The Morgan fingerprint density at radius 2 is 2.06 bits per heavy atom. The molecule has 2 aromatic carbocycles. The predicted octanol–water partition coefficient (Wildman–Crippen LogP) is 5.07. The zero-order valence-corrected chi connectivity index (χ0v) is 18.4. The van der Waals surface area contributed by atoms with Crippen LogP contribution in [0.2, 0.25) is 0 Å². The van der Waals surface area contributed by atoms with Gasteiger partial charge in [0.25, 0.3) is 5.91 Å². The molecule has 0 aliphatic carbocycles. The fourth-order valence-corrected chi connectivity index (χ4v) is 4.57. The standard InChI is InChI=1S/C24H22FN3O3S/c1-2-8-27(24(29)17-3-6-21-22(10-17)31-15-30-21)13-23-26-19-5-4-18(25)11-20(19)28(23)12-16-7-9-32-14-16/h3-7,9-11,14H,2,8,12-13,15H2,1H3. The van der Waals surface area contributed by atoms with Crippen LogP contribution in [-0.2, 0) is 13.1 Å². The number of hydrogen-bond donors (Lipinski definition) is 0. The molecule has 0 unspecified atom stereocenters. The summed E-state index contributed by atoms with van der Waals surface area (Å²) in [4.78, 5) is 19.9.